The average Bonchev–Trinajstić information content (AvgIpc) is 2.55. The molecule has 1 aliphatic heterocycles. The van der Waals surface area contributed by atoms with Gasteiger partial charge in [0, 0.05) is 32.1 Å². The molecule has 0 aromatic carbocycles. The molecule has 0 bridgehead atoms. The highest BCUT2D eigenvalue weighted by atomic mass is 16.5. The molecule has 5 heteroatoms. The van der Waals surface area contributed by atoms with Crippen molar-refractivity contribution in [2.24, 2.45) is 5.92 Å². The van der Waals surface area contributed by atoms with Crippen LogP contribution in [0.15, 0.2) is 24.5 Å². The van der Waals surface area contributed by atoms with Crippen molar-refractivity contribution in [2.75, 3.05) is 18.1 Å². The zero-order valence-corrected chi connectivity index (χ0v) is 14.1. The number of nitrogens with zero attached hydrogens (tertiary/aromatic N) is 4. The van der Waals surface area contributed by atoms with Crippen LogP contribution in [0.25, 0.3) is 0 Å². The Kier molecular flexibility index (Phi) is 4.86. The van der Waals surface area contributed by atoms with Crippen molar-refractivity contribution in [2.45, 2.75) is 40.3 Å². The van der Waals surface area contributed by atoms with Crippen LogP contribution in [-0.2, 0) is 24.3 Å². The van der Waals surface area contributed by atoms with Crippen LogP contribution in [0.5, 0.6) is 0 Å². The number of aryl methyl sites for hydroxylation is 1. The molecular formula is C18H24N4O. The third-order valence-corrected chi connectivity index (χ3v) is 4.05. The minimum Gasteiger partial charge on any atom is -0.376 e. The third-order valence-electron chi connectivity index (χ3n) is 4.05. The first-order chi connectivity index (χ1) is 11.1. The molecular weight excluding hydrogens is 288 g/mol. The molecule has 0 radical (unpaired) electrons. The molecule has 1 aliphatic rings. The van der Waals surface area contributed by atoms with Crippen molar-refractivity contribution in [3.63, 3.8) is 0 Å². The Morgan fingerprint density at radius 1 is 1.22 bits per heavy atom. The fourth-order valence-electron chi connectivity index (χ4n) is 2.85. The number of ether oxygens (including phenoxy) is 1. The lowest BCUT2D eigenvalue weighted by molar-refractivity contribution is 0.0963. The van der Waals surface area contributed by atoms with Gasteiger partial charge in [0.05, 0.1) is 12.3 Å². The summed E-state index contributed by atoms with van der Waals surface area (Å²) < 4.78 is 5.80. The lowest BCUT2D eigenvalue weighted by atomic mass is 9.97. The molecule has 122 valence electrons. The van der Waals surface area contributed by atoms with Gasteiger partial charge >= 0.3 is 0 Å². The van der Waals surface area contributed by atoms with E-state index in [-0.39, 0.29) is 0 Å². The predicted molar refractivity (Wildman–Crippen MR) is 90.3 cm³/mol. The van der Waals surface area contributed by atoms with Crippen LogP contribution in [0.4, 0.5) is 5.82 Å². The first-order valence-corrected chi connectivity index (χ1v) is 8.21. The summed E-state index contributed by atoms with van der Waals surface area (Å²) in [6.07, 6.45) is 4.91. The highest BCUT2D eigenvalue weighted by molar-refractivity contribution is 5.44. The zero-order valence-electron chi connectivity index (χ0n) is 14.1. The van der Waals surface area contributed by atoms with Gasteiger partial charge in [-0.1, -0.05) is 13.8 Å². The summed E-state index contributed by atoms with van der Waals surface area (Å²) in [6, 6.07) is 4.04. The van der Waals surface area contributed by atoms with E-state index in [2.05, 4.69) is 33.9 Å². The lowest BCUT2D eigenvalue weighted by Crippen LogP contribution is -2.32. The van der Waals surface area contributed by atoms with E-state index in [1.165, 1.54) is 16.7 Å². The number of hydrogen-bond donors (Lipinski definition) is 0. The van der Waals surface area contributed by atoms with E-state index in [0.717, 1.165) is 37.6 Å². The van der Waals surface area contributed by atoms with E-state index >= 15 is 0 Å². The SMILES string of the molecule is Cc1ccc(N2CCc3c(COCC(C)C)cncc3C2)nn1. The Bertz CT molecular complexity index is 655. The van der Waals surface area contributed by atoms with Gasteiger partial charge in [-0.2, -0.15) is 5.10 Å². The summed E-state index contributed by atoms with van der Waals surface area (Å²) in [5.74, 6) is 1.49. The Labute approximate surface area is 137 Å². The molecule has 0 spiro atoms. The molecule has 0 saturated carbocycles. The van der Waals surface area contributed by atoms with Crippen LogP contribution in [-0.4, -0.2) is 28.3 Å². The van der Waals surface area contributed by atoms with E-state index in [1.54, 1.807) is 0 Å². The normalized spacial score (nSPS) is 14.2. The molecule has 0 amide bonds. The van der Waals surface area contributed by atoms with E-state index in [4.69, 9.17) is 4.74 Å². The molecule has 0 aliphatic carbocycles. The molecule has 0 fully saturated rings. The summed E-state index contributed by atoms with van der Waals surface area (Å²) in [4.78, 5) is 6.65. The van der Waals surface area contributed by atoms with Crippen molar-refractivity contribution < 1.29 is 4.74 Å². The highest BCUT2D eigenvalue weighted by Crippen LogP contribution is 2.25. The van der Waals surface area contributed by atoms with Crippen molar-refractivity contribution in [1.29, 1.82) is 0 Å². The average molecular weight is 312 g/mol. The Balaban J connectivity index is 1.72. The van der Waals surface area contributed by atoms with Gasteiger partial charge in [-0.15, -0.1) is 5.10 Å². The van der Waals surface area contributed by atoms with E-state index in [0.29, 0.717) is 12.5 Å². The summed E-state index contributed by atoms with van der Waals surface area (Å²) >= 11 is 0. The summed E-state index contributed by atoms with van der Waals surface area (Å²) in [5, 5.41) is 8.45. The van der Waals surface area contributed by atoms with Gasteiger partial charge in [0.25, 0.3) is 0 Å². The third kappa shape index (κ3) is 3.85. The number of rotatable bonds is 5. The topological polar surface area (TPSA) is 51.1 Å². The minimum atomic E-state index is 0.554. The largest absolute Gasteiger partial charge is 0.376 e. The molecule has 5 nitrogen and oxygen atoms in total. The van der Waals surface area contributed by atoms with Crippen molar-refractivity contribution >= 4 is 5.82 Å². The van der Waals surface area contributed by atoms with Crippen LogP contribution >= 0.6 is 0 Å². The van der Waals surface area contributed by atoms with Gasteiger partial charge in [0.2, 0.25) is 0 Å². The molecule has 23 heavy (non-hydrogen) atoms. The fraction of sp³-hybridized carbons (Fsp3) is 0.500. The van der Waals surface area contributed by atoms with Gasteiger partial charge in [-0.25, -0.2) is 0 Å². The van der Waals surface area contributed by atoms with Crippen LogP contribution < -0.4 is 4.90 Å². The first-order valence-electron chi connectivity index (χ1n) is 8.21. The van der Waals surface area contributed by atoms with Gasteiger partial charge in [0.15, 0.2) is 5.82 Å². The maximum Gasteiger partial charge on any atom is 0.151 e. The van der Waals surface area contributed by atoms with Crippen LogP contribution in [0.3, 0.4) is 0 Å². The monoisotopic (exact) mass is 312 g/mol. The zero-order chi connectivity index (χ0) is 16.2. The summed E-state index contributed by atoms with van der Waals surface area (Å²) in [5.41, 5.74) is 4.82. The van der Waals surface area contributed by atoms with Crippen molar-refractivity contribution in [3.05, 3.63) is 46.9 Å². The molecule has 0 saturated heterocycles. The smallest absolute Gasteiger partial charge is 0.151 e. The van der Waals surface area contributed by atoms with Crippen molar-refractivity contribution in [1.82, 2.24) is 15.2 Å². The van der Waals surface area contributed by atoms with Crippen LogP contribution in [0, 0.1) is 12.8 Å². The van der Waals surface area contributed by atoms with Crippen molar-refractivity contribution in [3.8, 4) is 0 Å². The summed E-state index contributed by atoms with van der Waals surface area (Å²) in [6.45, 7) is 9.51. The maximum absolute atomic E-state index is 5.80. The number of fused-ring (bicyclic) bond motifs is 1. The number of anilines is 1. The van der Waals surface area contributed by atoms with E-state index < -0.39 is 0 Å². The molecule has 2 aromatic heterocycles. The number of pyridine rings is 1. The van der Waals surface area contributed by atoms with Gasteiger partial charge < -0.3 is 9.64 Å². The number of aromatic nitrogens is 3. The van der Waals surface area contributed by atoms with Gasteiger partial charge in [0.1, 0.15) is 0 Å². The van der Waals surface area contributed by atoms with Gasteiger partial charge in [-0.3, -0.25) is 4.98 Å². The van der Waals surface area contributed by atoms with Crippen LogP contribution in [0.2, 0.25) is 0 Å². The minimum absolute atomic E-state index is 0.554. The Morgan fingerprint density at radius 2 is 2.09 bits per heavy atom. The summed E-state index contributed by atoms with van der Waals surface area (Å²) in [7, 11) is 0. The molecule has 0 N–H and O–H groups in total. The quantitative estimate of drug-likeness (QED) is 0.849. The first kappa shape index (κ1) is 15.9. The Morgan fingerprint density at radius 3 is 2.83 bits per heavy atom. The second-order valence-electron chi connectivity index (χ2n) is 6.55. The second kappa shape index (κ2) is 7.04. The molecule has 3 heterocycles. The molecule has 0 atom stereocenters. The molecule has 3 rings (SSSR count). The maximum atomic E-state index is 5.80. The standard InChI is InChI=1S/C18H24N4O/c1-13(2)11-23-12-16-9-19-8-15-10-22(7-6-17(15)16)18-5-4-14(3)20-21-18/h4-5,8-9,13H,6-7,10-12H2,1-3H3. The Hall–Kier alpha value is -2.01. The van der Waals surface area contributed by atoms with Gasteiger partial charge in [-0.05, 0) is 48.1 Å². The fourth-order valence-corrected chi connectivity index (χ4v) is 2.85. The molecule has 2 aromatic rings. The molecule has 0 unspecified atom stereocenters. The van der Waals surface area contributed by atoms with E-state index in [9.17, 15) is 0 Å². The lowest BCUT2D eigenvalue weighted by Gasteiger charge is -2.30. The highest BCUT2D eigenvalue weighted by Gasteiger charge is 2.20. The second-order valence-corrected chi connectivity index (χ2v) is 6.55. The predicted octanol–water partition coefficient (Wildman–Crippen LogP) is 2.92. The van der Waals surface area contributed by atoms with Crippen LogP contribution in [0.1, 0.15) is 36.2 Å². The van der Waals surface area contributed by atoms with E-state index in [1.807, 2.05) is 31.5 Å². The number of hydrogen-bond acceptors (Lipinski definition) is 5.